The zero-order valence-electron chi connectivity index (χ0n) is 5.21. The molecule has 1 heterocycles. The van der Waals surface area contributed by atoms with Gasteiger partial charge in [-0.15, -0.1) is 0 Å². The third-order valence-corrected chi connectivity index (χ3v) is 1.53. The number of pyridine rings is 1. The van der Waals surface area contributed by atoms with Crippen LogP contribution in [0.5, 0.6) is 0 Å². The van der Waals surface area contributed by atoms with Crippen LogP contribution in [0.1, 0.15) is 10.5 Å². The minimum atomic E-state index is -1.18. The zero-order chi connectivity index (χ0) is 8.43. The van der Waals surface area contributed by atoms with E-state index in [9.17, 15) is 4.79 Å². The summed E-state index contributed by atoms with van der Waals surface area (Å²) in [6.45, 7) is 0. The molecule has 3 nitrogen and oxygen atoms in total. The fraction of sp³-hybridized carbons (Fsp3) is 0. The van der Waals surface area contributed by atoms with Crippen LogP contribution in [0.2, 0.25) is 10.2 Å². The number of rotatable bonds is 1. The minimum absolute atomic E-state index is 0. The molecule has 0 fully saturated rings. The summed E-state index contributed by atoms with van der Waals surface area (Å²) in [4.78, 5) is 13.9. The van der Waals surface area contributed by atoms with E-state index in [2.05, 4.69) is 4.98 Å². The van der Waals surface area contributed by atoms with Crippen molar-refractivity contribution < 1.29 is 9.90 Å². The van der Waals surface area contributed by atoms with Gasteiger partial charge in [-0.3, -0.25) is 0 Å². The molecule has 1 rings (SSSR count). The number of carbonyl (C=O) groups is 1. The van der Waals surface area contributed by atoms with E-state index in [1.807, 2.05) is 0 Å². The maximum absolute atomic E-state index is 10.4. The van der Waals surface area contributed by atoms with Crippen molar-refractivity contribution in [2.45, 2.75) is 0 Å². The summed E-state index contributed by atoms with van der Waals surface area (Å²) in [6, 6.07) is 2.82. The molecule has 0 saturated heterocycles. The van der Waals surface area contributed by atoms with Crippen molar-refractivity contribution in [2.24, 2.45) is 0 Å². The summed E-state index contributed by atoms with van der Waals surface area (Å²) < 4.78 is 0. The second-order valence-corrected chi connectivity index (χ2v) is 2.56. The molecule has 0 bridgehead atoms. The summed E-state index contributed by atoms with van der Waals surface area (Å²) in [5.41, 5.74) is -0.223. The summed E-state index contributed by atoms with van der Waals surface area (Å²) >= 11 is 10.9. The van der Waals surface area contributed by atoms with Crippen LogP contribution in [0.3, 0.4) is 0 Å². The first-order chi connectivity index (χ1) is 5.11. The average Bonchev–Trinajstić information content (AvgIpc) is 1.94. The van der Waals surface area contributed by atoms with E-state index in [0.29, 0.717) is 0 Å². The Morgan fingerprint density at radius 1 is 1.42 bits per heavy atom. The monoisotopic (exact) mass is 231 g/mol. The van der Waals surface area contributed by atoms with Gasteiger partial charge < -0.3 is 5.11 Å². The molecular formula is C6H4Cl2KNO2. The normalized spacial score (nSPS) is 8.83. The van der Waals surface area contributed by atoms with Crippen LogP contribution in [0.15, 0.2) is 12.1 Å². The van der Waals surface area contributed by atoms with Gasteiger partial charge in [-0.2, -0.15) is 0 Å². The van der Waals surface area contributed by atoms with Gasteiger partial charge in [0.05, 0.1) is 5.02 Å². The topological polar surface area (TPSA) is 50.2 Å². The molecule has 0 aliphatic heterocycles. The molecule has 1 aromatic heterocycles. The van der Waals surface area contributed by atoms with Gasteiger partial charge in [0.1, 0.15) is 5.15 Å². The number of carboxylic acids is 1. The molecule has 0 saturated carbocycles. The van der Waals surface area contributed by atoms with E-state index < -0.39 is 5.97 Å². The number of nitrogens with zero attached hydrogens (tertiary/aromatic N) is 1. The molecule has 0 amide bonds. The van der Waals surface area contributed by atoms with Crippen molar-refractivity contribution in [3.05, 3.63) is 28.0 Å². The van der Waals surface area contributed by atoms with Crippen molar-refractivity contribution in [1.29, 1.82) is 0 Å². The van der Waals surface area contributed by atoms with E-state index in [4.69, 9.17) is 28.3 Å². The molecule has 0 atom stereocenters. The summed E-state index contributed by atoms with van der Waals surface area (Å²) in [7, 11) is 0. The van der Waals surface area contributed by atoms with Crippen molar-refractivity contribution in [3.8, 4) is 0 Å². The summed E-state index contributed by atoms with van der Waals surface area (Å²) in [5, 5.41) is 8.69. The van der Waals surface area contributed by atoms with Gasteiger partial charge in [0.25, 0.3) is 0 Å². The van der Waals surface area contributed by atoms with Crippen LogP contribution in [-0.4, -0.2) is 67.4 Å². The van der Waals surface area contributed by atoms with Gasteiger partial charge in [-0.1, -0.05) is 23.2 Å². The fourth-order valence-electron chi connectivity index (χ4n) is 0.568. The van der Waals surface area contributed by atoms with E-state index in [-0.39, 0.29) is 67.3 Å². The molecule has 1 N–H and O–H groups in total. The third-order valence-electron chi connectivity index (χ3n) is 1.01. The molecule has 0 aliphatic rings. The van der Waals surface area contributed by atoms with Crippen molar-refractivity contribution >= 4 is 80.6 Å². The molecule has 0 unspecified atom stereocenters. The van der Waals surface area contributed by atoms with E-state index in [0.717, 1.165) is 0 Å². The molecule has 60 valence electrons. The zero-order valence-corrected chi connectivity index (χ0v) is 6.73. The second-order valence-electron chi connectivity index (χ2n) is 1.77. The first-order valence-corrected chi connectivity index (χ1v) is 3.42. The number of halogens is 2. The maximum atomic E-state index is 10.4. The molecule has 0 radical (unpaired) electrons. The van der Waals surface area contributed by atoms with E-state index >= 15 is 0 Å². The summed E-state index contributed by atoms with van der Waals surface area (Å²) in [6.07, 6.45) is 0. The predicted molar refractivity (Wildman–Crippen MR) is 48.4 cm³/mol. The van der Waals surface area contributed by atoms with Crippen LogP contribution in [0.4, 0.5) is 0 Å². The number of hydrogen-bond acceptors (Lipinski definition) is 2. The standard InChI is InChI=1S/C6H3Cl2NO2.K.H/c7-3-1-2-4(8)9-5(3)6(10)11;;/h1-2H,(H,10,11);;. The van der Waals surface area contributed by atoms with Crippen LogP contribution in [0.25, 0.3) is 0 Å². The molecule has 1 aromatic rings. The third kappa shape index (κ3) is 3.30. The Bertz CT molecular complexity index is 306. The number of carboxylic acid groups (broad SMARTS) is 1. The number of aromatic nitrogens is 1. The van der Waals surface area contributed by atoms with E-state index in [1.54, 1.807) is 0 Å². The van der Waals surface area contributed by atoms with Gasteiger partial charge in [-0.05, 0) is 12.1 Å². The van der Waals surface area contributed by atoms with E-state index in [1.165, 1.54) is 12.1 Å². The number of aromatic carboxylic acids is 1. The average molecular weight is 232 g/mol. The van der Waals surface area contributed by atoms with Crippen LogP contribution < -0.4 is 0 Å². The van der Waals surface area contributed by atoms with Gasteiger partial charge in [0.15, 0.2) is 5.69 Å². The second kappa shape index (κ2) is 5.54. The molecule has 6 heteroatoms. The molecule has 0 spiro atoms. The summed E-state index contributed by atoms with van der Waals surface area (Å²) in [5.74, 6) is -1.18. The van der Waals surface area contributed by atoms with Crippen LogP contribution in [0, 0.1) is 0 Å². The first-order valence-electron chi connectivity index (χ1n) is 2.66. The van der Waals surface area contributed by atoms with Crippen molar-refractivity contribution in [1.82, 2.24) is 4.98 Å². The predicted octanol–water partition coefficient (Wildman–Crippen LogP) is 1.44. The SMILES string of the molecule is O=C(O)c1nc(Cl)ccc1Cl.[KH]. The van der Waals surface area contributed by atoms with Gasteiger partial charge in [0.2, 0.25) is 0 Å². The van der Waals surface area contributed by atoms with Gasteiger partial charge in [-0.25, -0.2) is 9.78 Å². The van der Waals surface area contributed by atoms with Crippen LogP contribution in [-0.2, 0) is 0 Å². The molecule has 0 aromatic carbocycles. The Morgan fingerprint density at radius 2 is 2.00 bits per heavy atom. The Kier molecular flexibility index (Phi) is 5.93. The van der Waals surface area contributed by atoms with Gasteiger partial charge in [0, 0.05) is 0 Å². The molecule has 0 aliphatic carbocycles. The Hall–Kier alpha value is 0.836. The van der Waals surface area contributed by atoms with Gasteiger partial charge >= 0.3 is 57.4 Å². The van der Waals surface area contributed by atoms with Crippen LogP contribution >= 0.6 is 23.2 Å². The Morgan fingerprint density at radius 3 is 2.42 bits per heavy atom. The molecular weight excluding hydrogens is 228 g/mol. The van der Waals surface area contributed by atoms with Crippen molar-refractivity contribution in [3.63, 3.8) is 0 Å². The quantitative estimate of drug-likeness (QED) is 0.588. The Labute approximate surface area is 122 Å². The first kappa shape index (κ1) is 12.8. The Balaban J connectivity index is 0.00000121. The fourth-order valence-corrected chi connectivity index (χ4v) is 0.902. The molecule has 12 heavy (non-hydrogen) atoms. The number of hydrogen-bond donors (Lipinski definition) is 1. The van der Waals surface area contributed by atoms with Crippen molar-refractivity contribution in [2.75, 3.05) is 0 Å².